The molecule has 0 bridgehead atoms. The summed E-state index contributed by atoms with van der Waals surface area (Å²) in [5.74, 6) is 2.97. The third-order valence-electron chi connectivity index (χ3n) is 3.85. The Morgan fingerprint density at radius 1 is 1.23 bits per heavy atom. The van der Waals surface area contributed by atoms with Gasteiger partial charge in [-0.1, -0.05) is 24.1 Å². The number of carbonyl (C=O) groups excluding carboxylic acids is 2. The van der Waals surface area contributed by atoms with Crippen molar-refractivity contribution in [1.82, 2.24) is 4.90 Å². The number of nitrogens with one attached hydrogen (secondary N) is 1. The maximum Gasteiger partial charge on any atom is 0.267 e. The van der Waals surface area contributed by atoms with E-state index in [0.29, 0.717) is 22.7 Å². The van der Waals surface area contributed by atoms with Gasteiger partial charge in [0.25, 0.3) is 5.91 Å². The molecule has 2 aromatic carbocycles. The first-order chi connectivity index (χ1) is 12.6. The highest BCUT2D eigenvalue weighted by Gasteiger charge is 2.30. The maximum absolute atomic E-state index is 12.5. The van der Waals surface area contributed by atoms with Crippen LogP contribution in [0.25, 0.3) is 0 Å². The number of hydrogen-bond donors (Lipinski definition) is 1. The Hall–Kier alpha value is -3.46. The first-order valence-electron chi connectivity index (χ1n) is 8.07. The van der Waals surface area contributed by atoms with Crippen molar-refractivity contribution in [1.29, 1.82) is 0 Å². The number of fused-ring (bicyclic) bond motifs is 1. The lowest BCUT2D eigenvalue weighted by Gasteiger charge is -2.28. The number of anilines is 1. The van der Waals surface area contributed by atoms with E-state index in [1.807, 2.05) is 6.07 Å². The highest BCUT2D eigenvalue weighted by Crippen LogP contribution is 2.31. The molecule has 2 aromatic rings. The minimum absolute atomic E-state index is 0.103. The van der Waals surface area contributed by atoms with E-state index < -0.39 is 6.10 Å². The van der Waals surface area contributed by atoms with E-state index in [0.717, 1.165) is 0 Å². The van der Waals surface area contributed by atoms with E-state index in [1.54, 1.807) is 49.5 Å². The second-order valence-corrected chi connectivity index (χ2v) is 5.83. The van der Waals surface area contributed by atoms with Crippen LogP contribution < -0.4 is 14.8 Å². The van der Waals surface area contributed by atoms with Gasteiger partial charge in [-0.15, -0.1) is 6.42 Å². The van der Waals surface area contributed by atoms with Gasteiger partial charge < -0.3 is 19.7 Å². The molecule has 0 aromatic heterocycles. The second-order valence-electron chi connectivity index (χ2n) is 5.83. The molecule has 1 heterocycles. The zero-order valence-corrected chi connectivity index (χ0v) is 14.3. The quantitative estimate of drug-likeness (QED) is 0.856. The maximum atomic E-state index is 12.5. The van der Waals surface area contributed by atoms with Crippen molar-refractivity contribution >= 4 is 17.5 Å². The van der Waals surface area contributed by atoms with Crippen LogP contribution in [0.2, 0.25) is 0 Å². The van der Waals surface area contributed by atoms with E-state index in [9.17, 15) is 9.59 Å². The van der Waals surface area contributed by atoms with Gasteiger partial charge in [0.2, 0.25) is 12.0 Å². The second kappa shape index (κ2) is 7.62. The number of benzene rings is 2. The first kappa shape index (κ1) is 17.4. The molecule has 6 nitrogen and oxygen atoms in total. The minimum Gasteiger partial charge on any atom is -0.485 e. The summed E-state index contributed by atoms with van der Waals surface area (Å²) in [7, 11) is 1.55. The van der Waals surface area contributed by atoms with Gasteiger partial charge in [-0.3, -0.25) is 9.59 Å². The Balaban J connectivity index is 1.57. The molecule has 1 aliphatic heterocycles. The van der Waals surface area contributed by atoms with Crippen molar-refractivity contribution in [2.75, 3.05) is 25.5 Å². The number of hydrogen-bond acceptors (Lipinski definition) is 4. The van der Waals surface area contributed by atoms with Crippen LogP contribution in [-0.2, 0) is 9.59 Å². The van der Waals surface area contributed by atoms with Crippen LogP contribution in [0.3, 0.4) is 0 Å². The summed E-state index contributed by atoms with van der Waals surface area (Å²) >= 11 is 0. The lowest BCUT2D eigenvalue weighted by Crippen LogP contribution is -2.47. The Morgan fingerprint density at radius 2 is 2.00 bits per heavy atom. The van der Waals surface area contributed by atoms with Gasteiger partial charge in [-0.2, -0.15) is 0 Å². The van der Waals surface area contributed by atoms with Crippen LogP contribution >= 0.6 is 0 Å². The fourth-order valence-electron chi connectivity index (χ4n) is 2.57. The molecule has 1 N–H and O–H groups in total. The molecule has 0 radical (unpaired) electrons. The molecule has 1 aliphatic rings. The predicted octanol–water partition coefficient (Wildman–Crippen LogP) is 1.90. The fraction of sp³-hybridized carbons (Fsp3) is 0.200. The molecule has 0 saturated heterocycles. The number of para-hydroxylation sites is 2. The summed E-state index contributed by atoms with van der Waals surface area (Å²) in [5, 5.41) is 2.72. The van der Waals surface area contributed by atoms with Crippen LogP contribution in [0.4, 0.5) is 5.69 Å². The molecule has 0 unspecified atom stereocenters. The summed E-state index contributed by atoms with van der Waals surface area (Å²) in [6, 6.07) is 14.1. The van der Waals surface area contributed by atoms with Crippen molar-refractivity contribution in [2.45, 2.75) is 6.10 Å². The summed E-state index contributed by atoms with van der Waals surface area (Å²) in [6.45, 7) is -0.00730. The first-order valence-corrected chi connectivity index (χ1v) is 8.07. The predicted molar refractivity (Wildman–Crippen MR) is 97.0 cm³/mol. The van der Waals surface area contributed by atoms with Gasteiger partial charge in [-0.25, -0.2) is 0 Å². The summed E-state index contributed by atoms with van der Waals surface area (Å²) in [6.07, 6.45) is 4.56. The van der Waals surface area contributed by atoms with Crippen molar-refractivity contribution in [3.8, 4) is 23.8 Å². The fourth-order valence-corrected chi connectivity index (χ4v) is 2.57. The highest BCUT2D eigenvalue weighted by atomic mass is 16.6. The molecule has 0 fully saturated rings. The third-order valence-corrected chi connectivity index (χ3v) is 3.85. The molecule has 6 heteroatoms. The van der Waals surface area contributed by atoms with Crippen LogP contribution in [0.1, 0.15) is 5.56 Å². The average molecular weight is 350 g/mol. The Kier molecular flexibility index (Phi) is 5.09. The van der Waals surface area contributed by atoms with E-state index in [4.69, 9.17) is 15.9 Å². The van der Waals surface area contributed by atoms with E-state index in [2.05, 4.69) is 11.2 Å². The van der Waals surface area contributed by atoms with Crippen LogP contribution in [0.15, 0.2) is 48.5 Å². The van der Waals surface area contributed by atoms with Gasteiger partial charge >= 0.3 is 0 Å². The smallest absolute Gasteiger partial charge is 0.267 e. The van der Waals surface area contributed by atoms with Gasteiger partial charge in [0, 0.05) is 18.3 Å². The van der Waals surface area contributed by atoms with E-state index in [-0.39, 0.29) is 25.0 Å². The van der Waals surface area contributed by atoms with Crippen molar-refractivity contribution < 1.29 is 19.1 Å². The molecule has 26 heavy (non-hydrogen) atoms. The van der Waals surface area contributed by atoms with Crippen LogP contribution in [-0.4, -0.2) is 43.0 Å². The van der Waals surface area contributed by atoms with E-state index >= 15 is 0 Å². The summed E-state index contributed by atoms with van der Waals surface area (Å²) in [4.78, 5) is 26.0. The minimum atomic E-state index is -0.785. The number of carbonyl (C=O) groups is 2. The topological polar surface area (TPSA) is 67.9 Å². The van der Waals surface area contributed by atoms with Crippen LogP contribution in [0, 0.1) is 12.3 Å². The standard InChI is InChI=1S/C20H18N2O4/c1-3-14-7-6-8-15(11-14)21-19(23)12-22(2)20(24)18-13-25-16-9-4-5-10-17(16)26-18/h1,4-11,18H,12-13H2,2H3,(H,21,23)/t18-/m0/s1. The summed E-state index contributed by atoms with van der Waals surface area (Å²) in [5.41, 5.74) is 1.25. The molecule has 2 amide bonds. The normalized spacial score (nSPS) is 14.8. The number of terminal acetylenes is 1. The molecule has 0 spiro atoms. The van der Waals surface area contributed by atoms with Gasteiger partial charge in [0.1, 0.15) is 6.61 Å². The average Bonchev–Trinajstić information content (AvgIpc) is 2.67. The lowest BCUT2D eigenvalue weighted by atomic mass is 10.2. The molecule has 0 aliphatic carbocycles. The zero-order valence-electron chi connectivity index (χ0n) is 14.3. The Labute approximate surface area is 151 Å². The van der Waals surface area contributed by atoms with Crippen LogP contribution in [0.5, 0.6) is 11.5 Å². The molecular formula is C20H18N2O4. The molecule has 3 rings (SSSR count). The van der Waals surface area contributed by atoms with Crippen molar-refractivity contribution in [3.05, 3.63) is 54.1 Å². The summed E-state index contributed by atoms with van der Waals surface area (Å²) < 4.78 is 11.2. The molecular weight excluding hydrogens is 332 g/mol. The van der Waals surface area contributed by atoms with Crippen molar-refractivity contribution in [2.24, 2.45) is 0 Å². The zero-order chi connectivity index (χ0) is 18.5. The SMILES string of the molecule is C#Cc1cccc(NC(=O)CN(C)C(=O)[C@@H]2COc3ccccc3O2)c1. The number of likely N-dealkylation sites (N-methyl/N-ethyl adjacent to an activating group) is 1. The molecule has 0 saturated carbocycles. The van der Waals surface area contributed by atoms with E-state index in [1.165, 1.54) is 4.90 Å². The van der Waals surface area contributed by atoms with Crippen molar-refractivity contribution in [3.63, 3.8) is 0 Å². The molecule has 132 valence electrons. The van der Waals surface area contributed by atoms with Gasteiger partial charge in [-0.05, 0) is 30.3 Å². The number of ether oxygens (including phenoxy) is 2. The Morgan fingerprint density at radius 3 is 2.77 bits per heavy atom. The highest BCUT2D eigenvalue weighted by molar-refractivity contribution is 5.95. The number of nitrogens with zero attached hydrogens (tertiary/aromatic N) is 1. The monoisotopic (exact) mass is 350 g/mol. The number of rotatable bonds is 4. The Bertz CT molecular complexity index is 872. The van der Waals surface area contributed by atoms with Gasteiger partial charge in [0.05, 0.1) is 6.54 Å². The molecule has 1 atom stereocenters. The number of amides is 2. The lowest BCUT2D eigenvalue weighted by molar-refractivity contribution is -0.141. The third kappa shape index (κ3) is 3.95. The van der Waals surface area contributed by atoms with Gasteiger partial charge in [0.15, 0.2) is 11.5 Å². The largest absolute Gasteiger partial charge is 0.485 e.